The fourth-order valence-electron chi connectivity index (χ4n) is 3.65. The molecule has 0 amide bonds. The number of pyridine rings is 1. The monoisotopic (exact) mass is 577 g/mol. The summed E-state index contributed by atoms with van der Waals surface area (Å²) < 4.78 is 68.1. The Hall–Kier alpha value is -3.73. The summed E-state index contributed by atoms with van der Waals surface area (Å²) in [6.45, 7) is 3.49. The smallest absolute Gasteiger partial charge is 0.434 e. The maximum absolute atomic E-state index is 14.2. The Morgan fingerprint density at radius 2 is 1.89 bits per heavy atom. The summed E-state index contributed by atoms with van der Waals surface area (Å²) in [4.78, 5) is 16.4. The van der Waals surface area contributed by atoms with Gasteiger partial charge in [-0.15, -0.1) is 0 Å². The highest BCUT2D eigenvalue weighted by Crippen LogP contribution is 2.35. The third-order valence-electron chi connectivity index (χ3n) is 5.39. The van der Waals surface area contributed by atoms with Crippen LogP contribution < -0.4 is 4.74 Å². The van der Waals surface area contributed by atoms with Crippen LogP contribution in [0.25, 0.3) is 17.1 Å². The van der Waals surface area contributed by atoms with Crippen molar-refractivity contribution in [3.05, 3.63) is 93.5 Å². The minimum atomic E-state index is -4.92. The summed E-state index contributed by atoms with van der Waals surface area (Å²) in [5, 5.41) is 3.75. The first kappa shape index (κ1) is 26.3. The quantitative estimate of drug-likeness (QED) is 0.176. The average molecular weight is 578 g/mol. The van der Waals surface area contributed by atoms with Gasteiger partial charge in [0.1, 0.15) is 23.7 Å². The number of rotatable bonds is 7. The summed E-state index contributed by atoms with van der Waals surface area (Å²) in [5.74, 6) is -1.66. The average Bonchev–Trinajstić information content (AvgIpc) is 3.31. The van der Waals surface area contributed by atoms with Crippen molar-refractivity contribution in [2.75, 3.05) is 6.61 Å². The van der Waals surface area contributed by atoms with Gasteiger partial charge in [0.25, 0.3) is 0 Å². The van der Waals surface area contributed by atoms with Crippen LogP contribution >= 0.6 is 15.9 Å². The maximum atomic E-state index is 14.2. The molecule has 0 aliphatic heterocycles. The van der Waals surface area contributed by atoms with Gasteiger partial charge in [0.2, 0.25) is 0 Å². The Balaban J connectivity index is 1.73. The molecule has 4 rings (SSSR count). The third kappa shape index (κ3) is 5.82. The molecule has 11 heteroatoms. The molecule has 0 bridgehead atoms. The zero-order valence-electron chi connectivity index (χ0n) is 19.6. The highest BCUT2D eigenvalue weighted by molar-refractivity contribution is 9.10. The van der Waals surface area contributed by atoms with Crippen LogP contribution in [0, 0.1) is 12.7 Å². The Morgan fingerprint density at radius 3 is 2.59 bits per heavy atom. The van der Waals surface area contributed by atoms with Crippen LogP contribution in [-0.4, -0.2) is 27.3 Å². The van der Waals surface area contributed by atoms with E-state index in [1.165, 1.54) is 43.3 Å². The second-order valence-electron chi connectivity index (χ2n) is 7.92. The fraction of sp³-hybridized carbons (Fsp3) is 0.192. The first-order valence-electron chi connectivity index (χ1n) is 11.1. The molecule has 2 heterocycles. The Labute approximate surface area is 218 Å². The van der Waals surface area contributed by atoms with Crippen molar-refractivity contribution in [2.45, 2.75) is 26.6 Å². The van der Waals surface area contributed by atoms with E-state index in [9.17, 15) is 22.4 Å². The van der Waals surface area contributed by atoms with Gasteiger partial charge in [-0.2, -0.15) is 18.3 Å². The predicted molar refractivity (Wildman–Crippen MR) is 131 cm³/mol. The van der Waals surface area contributed by atoms with Gasteiger partial charge >= 0.3 is 12.1 Å². The summed E-state index contributed by atoms with van der Waals surface area (Å²) in [6, 6.07) is 13.8. The summed E-state index contributed by atoms with van der Waals surface area (Å²) >= 11 is 3.41. The fourth-order valence-corrected chi connectivity index (χ4v) is 4.12. The molecule has 0 aliphatic carbocycles. The predicted octanol–water partition coefficient (Wildman–Crippen LogP) is 6.92. The van der Waals surface area contributed by atoms with Gasteiger partial charge < -0.3 is 9.47 Å². The Morgan fingerprint density at radius 1 is 1.11 bits per heavy atom. The molecule has 0 N–H and O–H groups in total. The minimum Gasteiger partial charge on any atom is -0.488 e. The van der Waals surface area contributed by atoms with Gasteiger partial charge in [-0.25, -0.2) is 18.9 Å². The van der Waals surface area contributed by atoms with E-state index < -0.39 is 29.2 Å². The van der Waals surface area contributed by atoms with E-state index in [-0.39, 0.29) is 36.0 Å². The van der Waals surface area contributed by atoms with Crippen LogP contribution in [-0.2, 0) is 17.5 Å². The van der Waals surface area contributed by atoms with Crippen LogP contribution in [0.5, 0.6) is 5.75 Å². The number of nitrogens with zero attached hydrogens (tertiary/aromatic N) is 3. The van der Waals surface area contributed by atoms with Gasteiger partial charge in [0.05, 0.1) is 18.5 Å². The van der Waals surface area contributed by atoms with Crippen molar-refractivity contribution in [3.8, 4) is 22.8 Å². The number of alkyl halides is 3. The van der Waals surface area contributed by atoms with Gasteiger partial charge in [0, 0.05) is 10.0 Å². The normalized spacial score (nSPS) is 11.4. The molecular formula is C26H20BrF4N3O3. The molecule has 4 aromatic rings. The van der Waals surface area contributed by atoms with E-state index in [1.807, 2.05) is 25.1 Å². The van der Waals surface area contributed by atoms with Gasteiger partial charge in [-0.3, -0.25) is 0 Å². The van der Waals surface area contributed by atoms with Gasteiger partial charge in [-0.05, 0) is 67.4 Å². The first-order chi connectivity index (χ1) is 17.6. The second kappa shape index (κ2) is 10.7. The third-order valence-corrected chi connectivity index (χ3v) is 5.88. The van der Waals surface area contributed by atoms with Gasteiger partial charge in [0.15, 0.2) is 11.5 Å². The summed E-state index contributed by atoms with van der Waals surface area (Å²) in [5.41, 5.74) is 0.217. The van der Waals surface area contributed by atoms with E-state index in [2.05, 4.69) is 26.0 Å². The van der Waals surface area contributed by atoms with E-state index in [4.69, 9.17) is 9.47 Å². The van der Waals surface area contributed by atoms with E-state index in [0.29, 0.717) is 4.68 Å². The summed E-state index contributed by atoms with van der Waals surface area (Å²) in [6.07, 6.45) is -4.14. The molecule has 37 heavy (non-hydrogen) atoms. The zero-order valence-corrected chi connectivity index (χ0v) is 21.2. The van der Waals surface area contributed by atoms with Crippen LogP contribution in [0.4, 0.5) is 17.6 Å². The Bertz CT molecular complexity index is 1450. The molecule has 2 aromatic carbocycles. The van der Waals surface area contributed by atoms with E-state index >= 15 is 0 Å². The number of hydrogen-bond donors (Lipinski definition) is 0. The molecule has 0 atom stereocenters. The largest absolute Gasteiger partial charge is 0.488 e. The lowest BCUT2D eigenvalue weighted by Gasteiger charge is -2.15. The second-order valence-corrected chi connectivity index (χ2v) is 8.83. The number of carbonyl (C=O) groups excluding carboxylic acids is 1. The molecule has 0 aliphatic rings. The molecule has 0 spiro atoms. The molecule has 6 nitrogen and oxygen atoms in total. The topological polar surface area (TPSA) is 66.2 Å². The molecule has 0 fully saturated rings. The lowest BCUT2D eigenvalue weighted by molar-refractivity contribution is -0.143. The molecule has 0 radical (unpaired) electrons. The van der Waals surface area contributed by atoms with Crippen LogP contribution in [0.1, 0.15) is 34.1 Å². The lowest BCUT2D eigenvalue weighted by atomic mass is 10.1. The van der Waals surface area contributed by atoms with Crippen molar-refractivity contribution >= 4 is 21.9 Å². The molecule has 0 unspecified atom stereocenters. The van der Waals surface area contributed by atoms with Crippen molar-refractivity contribution in [2.24, 2.45) is 0 Å². The molecule has 192 valence electrons. The summed E-state index contributed by atoms with van der Waals surface area (Å²) in [7, 11) is 0. The van der Waals surface area contributed by atoms with Crippen molar-refractivity contribution in [1.29, 1.82) is 0 Å². The SMILES string of the molecule is CCOC(=O)c1cnn(-c2cccc(-c3cc(F)ccc3OCc3ccc(Br)cc3C)n2)c1C(F)(F)F. The number of ether oxygens (including phenoxy) is 2. The molecule has 0 saturated carbocycles. The lowest BCUT2D eigenvalue weighted by Crippen LogP contribution is -2.19. The molecular weight excluding hydrogens is 558 g/mol. The first-order valence-corrected chi connectivity index (χ1v) is 11.8. The van der Waals surface area contributed by atoms with E-state index in [1.54, 1.807) is 0 Å². The standard InChI is InChI=1S/C26H20BrF4N3O3/c1-3-36-25(35)20-13-32-34(24(20)26(29,30)31)23-6-4-5-21(33-23)19-12-18(28)9-10-22(19)37-14-16-7-8-17(27)11-15(16)2/h4-13H,3,14H2,1-2H3. The van der Waals surface area contributed by atoms with Crippen LogP contribution in [0.2, 0.25) is 0 Å². The Kier molecular flexibility index (Phi) is 7.63. The van der Waals surface area contributed by atoms with Gasteiger partial charge in [-0.1, -0.05) is 28.1 Å². The van der Waals surface area contributed by atoms with Crippen molar-refractivity contribution in [3.63, 3.8) is 0 Å². The van der Waals surface area contributed by atoms with Crippen molar-refractivity contribution in [1.82, 2.24) is 14.8 Å². The molecule has 0 saturated heterocycles. The maximum Gasteiger partial charge on any atom is 0.434 e. The minimum absolute atomic E-state index is 0.100. The number of aryl methyl sites for hydroxylation is 1. The number of hydrogen-bond acceptors (Lipinski definition) is 5. The number of esters is 1. The molecule has 2 aromatic heterocycles. The van der Waals surface area contributed by atoms with Crippen molar-refractivity contribution < 1.29 is 31.8 Å². The van der Waals surface area contributed by atoms with E-state index in [0.717, 1.165) is 21.8 Å². The number of benzene rings is 2. The number of halogens is 5. The van der Waals surface area contributed by atoms with Crippen LogP contribution in [0.15, 0.2) is 65.3 Å². The number of aromatic nitrogens is 3. The highest BCUT2D eigenvalue weighted by Gasteiger charge is 2.41. The highest BCUT2D eigenvalue weighted by atomic mass is 79.9. The zero-order chi connectivity index (χ0) is 26.7. The number of carbonyl (C=O) groups is 1. The van der Waals surface area contributed by atoms with Crippen LogP contribution in [0.3, 0.4) is 0 Å².